The number of hydrogen-bond donors (Lipinski definition) is 0. The van der Waals surface area contributed by atoms with Gasteiger partial charge in [-0.25, -0.2) is 0 Å². The smallest absolute Gasteiger partial charge is 0.316 e. The van der Waals surface area contributed by atoms with Crippen LogP contribution >= 0.6 is 23.4 Å². The van der Waals surface area contributed by atoms with E-state index in [0.29, 0.717) is 10.2 Å². The van der Waals surface area contributed by atoms with Crippen LogP contribution in [-0.4, -0.2) is 29.0 Å². The molecule has 1 heterocycles. The first-order valence-corrected chi connectivity index (χ1v) is 5.61. The molecule has 1 aromatic heterocycles. The normalized spacial score (nSPS) is 10.1. The first kappa shape index (κ1) is 12.3. The number of rotatable bonds is 3. The van der Waals surface area contributed by atoms with Crippen LogP contribution in [-0.2, 0) is 9.53 Å². The summed E-state index contributed by atoms with van der Waals surface area (Å²) in [4.78, 5) is 10.9. The summed E-state index contributed by atoms with van der Waals surface area (Å²) < 4.78 is 4.53. The van der Waals surface area contributed by atoms with E-state index in [-0.39, 0.29) is 11.7 Å². The van der Waals surface area contributed by atoms with Crippen molar-refractivity contribution < 1.29 is 9.53 Å². The quantitative estimate of drug-likeness (QED) is 0.603. The van der Waals surface area contributed by atoms with Crippen molar-refractivity contribution in [3.8, 4) is 0 Å². The van der Waals surface area contributed by atoms with Gasteiger partial charge in [0.2, 0.25) is 0 Å². The largest absolute Gasteiger partial charge is 0.468 e. The average molecular weight is 247 g/mol. The molecule has 0 atom stereocenters. The molecular formula is C9H11ClN2O2S. The number of methoxy groups -OCH3 is 1. The van der Waals surface area contributed by atoms with E-state index in [2.05, 4.69) is 14.9 Å². The summed E-state index contributed by atoms with van der Waals surface area (Å²) in [5, 5.41) is 8.81. The molecule has 1 rings (SSSR count). The van der Waals surface area contributed by atoms with E-state index in [1.165, 1.54) is 18.9 Å². The minimum atomic E-state index is -0.284. The van der Waals surface area contributed by atoms with Gasteiger partial charge in [0, 0.05) is 0 Å². The van der Waals surface area contributed by atoms with E-state index in [0.717, 1.165) is 11.1 Å². The lowest BCUT2D eigenvalue weighted by Crippen LogP contribution is -2.04. The third-order valence-corrected chi connectivity index (χ3v) is 3.38. The predicted molar refractivity (Wildman–Crippen MR) is 59.3 cm³/mol. The molecule has 0 fully saturated rings. The highest BCUT2D eigenvalue weighted by atomic mass is 35.5. The Morgan fingerprint density at radius 3 is 2.67 bits per heavy atom. The van der Waals surface area contributed by atoms with Gasteiger partial charge in [0.15, 0.2) is 5.15 Å². The van der Waals surface area contributed by atoms with Crippen molar-refractivity contribution in [1.29, 1.82) is 0 Å². The molecule has 0 amide bonds. The summed E-state index contributed by atoms with van der Waals surface area (Å²) in [5.74, 6) is -0.0543. The molecule has 0 aliphatic rings. The van der Waals surface area contributed by atoms with Gasteiger partial charge in [-0.3, -0.25) is 4.79 Å². The molecule has 0 unspecified atom stereocenters. The van der Waals surface area contributed by atoms with Crippen LogP contribution in [0, 0.1) is 13.8 Å². The number of ether oxygens (including phenoxy) is 1. The molecule has 1 aromatic rings. The summed E-state index contributed by atoms with van der Waals surface area (Å²) in [6.45, 7) is 3.77. The molecule has 4 nitrogen and oxygen atoms in total. The second kappa shape index (κ2) is 5.32. The SMILES string of the molecule is COC(=O)CSc1nnc(Cl)c(C)c1C. The van der Waals surface area contributed by atoms with E-state index in [4.69, 9.17) is 11.6 Å². The summed E-state index contributed by atoms with van der Waals surface area (Å²) in [7, 11) is 1.36. The van der Waals surface area contributed by atoms with Crippen LogP contribution < -0.4 is 0 Å². The summed E-state index contributed by atoms with van der Waals surface area (Å²) in [6, 6.07) is 0. The number of carbonyl (C=O) groups excluding carboxylic acids is 1. The Bertz CT molecular complexity index is 385. The molecule has 0 radical (unpaired) electrons. The van der Waals surface area contributed by atoms with Crippen molar-refractivity contribution in [3.63, 3.8) is 0 Å². The maximum absolute atomic E-state index is 10.9. The second-order valence-electron chi connectivity index (χ2n) is 2.91. The van der Waals surface area contributed by atoms with E-state index < -0.39 is 0 Å². The molecule has 6 heteroatoms. The predicted octanol–water partition coefficient (Wildman–Crippen LogP) is 2.01. The third kappa shape index (κ3) is 3.07. The Morgan fingerprint density at radius 2 is 2.07 bits per heavy atom. The highest BCUT2D eigenvalue weighted by molar-refractivity contribution is 7.99. The Balaban J connectivity index is 2.78. The molecule has 0 aliphatic heterocycles. The fourth-order valence-corrected chi connectivity index (χ4v) is 1.90. The Labute approximate surface area is 97.4 Å². The highest BCUT2D eigenvalue weighted by Crippen LogP contribution is 2.24. The zero-order valence-corrected chi connectivity index (χ0v) is 10.3. The number of thioether (sulfide) groups is 1. The van der Waals surface area contributed by atoms with Gasteiger partial charge in [-0.15, -0.1) is 10.2 Å². The summed E-state index contributed by atoms with van der Waals surface area (Å²) >= 11 is 7.10. The van der Waals surface area contributed by atoms with Crippen molar-refractivity contribution in [2.75, 3.05) is 12.9 Å². The van der Waals surface area contributed by atoms with E-state index in [1.54, 1.807) is 0 Å². The zero-order valence-electron chi connectivity index (χ0n) is 8.70. The number of halogens is 1. The standard InChI is InChI=1S/C9H11ClN2O2S/c1-5-6(2)9(12-11-8(5)10)15-4-7(13)14-3/h4H2,1-3H3. The Kier molecular flexibility index (Phi) is 4.35. The van der Waals surface area contributed by atoms with Crippen molar-refractivity contribution in [1.82, 2.24) is 10.2 Å². The van der Waals surface area contributed by atoms with Crippen LogP contribution in [0.25, 0.3) is 0 Å². The molecule has 0 saturated carbocycles. The number of carbonyl (C=O) groups is 1. The van der Waals surface area contributed by atoms with Gasteiger partial charge in [-0.2, -0.15) is 0 Å². The van der Waals surface area contributed by atoms with Crippen LogP contribution in [0.15, 0.2) is 5.03 Å². The fourth-order valence-electron chi connectivity index (χ4n) is 0.878. The van der Waals surface area contributed by atoms with Crippen LogP contribution in [0.1, 0.15) is 11.1 Å². The zero-order chi connectivity index (χ0) is 11.4. The number of hydrogen-bond acceptors (Lipinski definition) is 5. The maximum atomic E-state index is 10.9. The van der Waals surface area contributed by atoms with Crippen molar-refractivity contribution in [3.05, 3.63) is 16.3 Å². The summed E-state index contributed by atoms with van der Waals surface area (Å²) in [5.41, 5.74) is 1.84. The van der Waals surface area contributed by atoms with E-state index >= 15 is 0 Å². The van der Waals surface area contributed by atoms with Crippen LogP contribution in [0.4, 0.5) is 0 Å². The maximum Gasteiger partial charge on any atom is 0.316 e. The monoisotopic (exact) mass is 246 g/mol. The van der Waals surface area contributed by atoms with Gasteiger partial charge in [-0.05, 0) is 25.0 Å². The van der Waals surface area contributed by atoms with E-state index in [1.807, 2.05) is 13.8 Å². The third-order valence-electron chi connectivity index (χ3n) is 1.98. The lowest BCUT2D eigenvalue weighted by molar-refractivity contribution is -0.137. The molecule has 0 N–H and O–H groups in total. The molecule has 0 saturated heterocycles. The Morgan fingerprint density at radius 1 is 1.40 bits per heavy atom. The van der Waals surface area contributed by atoms with Gasteiger partial charge >= 0.3 is 5.97 Å². The van der Waals surface area contributed by atoms with Gasteiger partial charge in [0.1, 0.15) is 5.03 Å². The highest BCUT2D eigenvalue weighted by Gasteiger charge is 2.10. The lowest BCUT2D eigenvalue weighted by Gasteiger charge is -2.06. The van der Waals surface area contributed by atoms with Gasteiger partial charge in [0.25, 0.3) is 0 Å². The fraction of sp³-hybridized carbons (Fsp3) is 0.444. The average Bonchev–Trinajstić information content (AvgIpc) is 2.24. The van der Waals surface area contributed by atoms with Crippen molar-refractivity contribution in [2.24, 2.45) is 0 Å². The molecule has 0 bridgehead atoms. The van der Waals surface area contributed by atoms with Gasteiger partial charge in [0.05, 0.1) is 12.9 Å². The first-order valence-electron chi connectivity index (χ1n) is 4.25. The first-order chi connectivity index (χ1) is 7.06. The van der Waals surface area contributed by atoms with Crippen LogP contribution in [0.2, 0.25) is 5.15 Å². The minimum absolute atomic E-state index is 0.229. The van der Waals surface area contributed by atoms with Crippen LogP contribution in [0.5, 0.6) is 0 Å². The number of nitrogens with zero attached hydrogens (tertiary/aromatic N) is 2. The number of esters is 1. The lowest BCUT2D eigenvalue weighted by atomic mass is 10.2. The second-order valence-corrected chi connectivity index (χ2v) is 4.23. The Hall–Kier alpha value is -0.810. The van der Waals surface area contributed by atoms with E-state index in [9.17, 15) is 4.79 Å². The summed E-state index contributed by atoms with van der Waals surface area (Å²) in [6.07, 6.45) is 0. The minimum Gasteiger partial charge on any atom is -0.468 e. The molecule has 0 aliphatic carbocycles. The molecule has 0 spiro atoms. The van der Waals surface area contributed by atoms with Crippen molar-refractivity contribution >= 4 is 29.3 Å². The van der Waals surface area contributed by atoms with Gasteiger partial charge < -0.3 is 4.74 Å². The van der Waals surface area contributed by atoms with Gasteiger partial charge in [-0.1, -0.05) is 23.4 Å². The molecule has 82 valence electrons. The topological polar surface area (TPSA) is 52.1 Å². The molecular weight excluding hydrogens is 236 g/mol. The molecule has 0 aromatic carbocycles. The van der Waals surface area contributed by atoms with Crippen LogP contribution in [0.3, 0.4) is 0 Å². The molecule has 15 heavy (non-hydrogen) atoms. The number of aromatic nitrogens is 2. The van der Waals surface area contributed by atoms with Crippen molar-refractivity contribution in [2.45, 2.75) is 18.9 Å².